The van der Waals surface area contributed by atoms with Crippen LogP contribution < -0.4 is 10.6 Å². The molecule has 1 aliphatic heterocycles. The molecule has 0 aliphatic carbocycles. The Hall–Kier alpha value is -1.39. The molecule has 0 aromatic heterocycles. The highest BCUT2D eigenvalue weighted by Gasteiger charge is 2.14. The number of hydrogen-bond acceptors (Lipinski definition) is 3. The number of amides is 1. The molecule has 0 spiro atoms. The lowest BCUT2D eigenvalue weighted by molar-refractivity contribution is -0.121. The van der Waals surface area contributed by atoms with Crippen molar-refractivity contribution in [3.05, 3.63) is 35.4 Å². The summed E-state index contributed by atoms with van der Waals surface area (Å²) in [5, 5.41) is 6.41. The molecule has 1 fully saturated rings. The van der Waals surface area contributed by atoms with E-state index in [1.807, 2.05) is 0 Å². The van der Waals surface area contributed by atoms with E-state index in [1.54, 1.807) is 0 Å². The van der Waals surface area contributed by atoms with Gasteiger partial charge in [-0.15, -0.1) is 0 Å². The summed E-state index contributed by atoms with van der Waals surface area (Å²) in [6.45, 7) is 3.76. The molecule has 122 valence electrons. The Morgan fingerprint density at radius 1 is 1.27 bits per heavy atom. The highest BCUT2D eigenvalue weighted by Crippen LogP contribution is 2.17. The lowest BCUT2D eigenvalue weighted by Crippen LogP contribution is -2.29. The summed E-state index contributed by atoms with van der Waals surface area (Å²) in [5.74, 6) is 0.895. The first-order valence-electron chi connectivity index (χ1n) is 8.33. The molecule has 0 unspecified atom stereocenters. The molecular formula is C18H29N3O. The summed E-state index contributed by atoms with van der Waals surface area (Å²) >= 11 is 0. The number of nitrogens with one attached hydrogen (secondary N) is 2. The Morgan fingerprint density at radius 3 is 2.73 bits per heavy atom. The van der Waals surface area contributed by atoms with Crippen LogP contribution in [0.3, 0.4) is 0 Å². The molecule has 1 aromatic carbocycles. The van der Waals surface area contributed by atoms with Crippen LogP contribution in [0.25, 0.3) is 0 Å². The van der Waals surface area contributed by atoms with Gasteiger partial charge in [-0.3, -0.25) is 4.79 Å². The highest BCUT2D eigenvalue weighted by molar-refractivity contribution is 5.75. The number of carbonyl (C=O) groups excluding carboxylic acids is 1. The van der Waals surface area contributed by atoms with Crippen molar-refractivity contribution in [3.8, 4) is 0 Å². The van der Waals surface area contributed by atoms with E-state index in [1.165, 1.54) is 24.0 Å². The molecule has 1 saturated heterocycles. The van der Waals surface area contributed by atoms with E-state index in [-0.39, 0.29) is 5.91 Å². The molecule has 2 rings (SSSR count). The fourth-order valence-corrected chi connectivity index (χ4v) is 3.00. The second-order valence-electron chi connectivity index (χ2n) is 6.57. The summed E-state index contributed by atoms with van der Waals surface area (Å²) in [7, 11) is 4.13. The molecule has 2 N–H and O–H groups in total. The van der Waals surface area contributed by atoms with Crippen LogP contribution in [0.1, 0.15) is 36.8 Å². The van der Waals surface area contributed by atoms with Gasteiger partial charge in [-0.25, -0.2) is 0 Å². The van der Waals surface area contributed by atoms with E-state index in [0.29, 0.717) is 13.0 Å². The standard InChI is InChI=1S/C18H29N3O/c1-21(2)14-17-5-3-4-16(12-17)13-20-18(22)7-6-15-8-10-19-11-9-15/h3-5,12,15,19H,6-11,13-14H2,1-2H3,(H,20,22). The van der Waals surface area contributed by atoms with Gasteiger partial charge in [0.1, 0.15) is 0 Å². The summed E-state index contributed by atoms with van der Waals surface area (Å²) in [4.78, 5) is 14.1. The van der Waals surface area contributed by atoms with Gasteiger partial charge in [-0.1, -0.05) is 24.3 Å². The van der Waals surface area contributed by atoms with Crippen LogP contribution in [0.2, 0.25) is 0 Å². The third-order valence-corrected chi connectivity index (χ3v) is 4.22. The van der Waals surface area contributed by atoms with Gasteiger partial charge in [-0.2, -0.15) is 0 Å². The van der Waals surface area contributed by atoms with Crippen molar-refractivity contribution in [3.63, 3.8) is 0 Å². The summed E-state index contributed by atoms with van der Waals surface area (Å²) in [6, 6.07) is 8.44. The first kappa shape index (κ1) is 17.0. The monoisotopic (exact) mass is 303 g/mol. The molecule has 0 radical (unpaired) electrons. The molecule has 0 atom stereocenters. The quantitative estimate of drug-likeness (QED) is 0.811. The molecule has 1 aliphatic rings. The van der Waals surface area contributed by atoms with Crippen molar-refractivity contribution in [2.24, 2.45) is 5.92 Å². The normalized spacial score (nSPS) is 16.0. The Balaban J connectivity index is 1.71. The molecule has 4 nitrogen and oxygen atoms in total. The minimum atomic E-state index is 0.177. The molecule has 1 aromatic rings. The van der Waals surface area contributed by atoms with E-state index < -0.39 is 0 Å². The highest BCUT2D eigenvalue weighted by atomic mass is 16.1. The molecule has 0 bridgehead atoms. The average molecular weight is 303 g/mol. The molecule has 4 heteroatoms. The number of hydrogen-bond donors (Lipinski definition) is 2. The summed E-state index contributed by atoms with van der Waals surface area (Å²) < 4.78 is 0. The predicted octanol–water partition coefficient (Wildman–Crippen LogP) is 2.14. The minimum absolute atomic E-state index is 0.177. The van der Waals surface area contributed by atoms with E-state index in [0.717, 1.165) is 32.0 Å². The Morgan fingerprint density at radius 2 is 2.00 bits per heavy atom. The maximum Gasteiger partial charge on any atom is 0.220 e. The topological polar surface area (TPSA) is 44.4 Å². The van der Waals surface area contributed by atoms with Gasteiger partial charge in [0.25, 0.3) is 0 Å². The van der Waals surface area contributed by atoms with Gasteiger partial charge >= 0.3 is 0 Å². The summed E-state index contributed by atoms with van der Waals surface area (Å²) in [6.07, 6.45) is 4.09. The van der Waals surface area contributed by atoms with Crippen LogP contribution in [-0.4, -0.2) is 38.0 Å². The maximum atomic E-state index is 12.0. The van der Waals surface area contributed by atoms with Gasteiger partial charge < -0.3 is 15.5 Å². The fraction of sp³-hybridized carbons (Fsp3) is 0.611. The zero-order chi connectivity index (χ0) is 15.8. The molecule has 1 amide bonds. The second-order valence-corrected chi connectivity index (χ2v) is 6.57. The zero-order valence-corrected chi connectivity index (χ0v) is 13.9. The van der Waals surface area contributed by atoms with Crippen molar-refractivity contribution in [2.45, 2.75) is 38.8 Å². The Labute approximate surface area is 134 Å². The van der Waals surface area contributed by atoms with Gasteiger partial charge in [0, 0.05) is 19.5 Å². The van der Waals surface area contributed by atoms with Crippen LogP contribution in [0, 0.1) is 5.92 Å². The zero-order valence-electron chi connectivity index (χ0n) is 13.9. The predicted molar refractivity (Wildman–Crippen MR) is 90.5 cm³/mol. The van der Waals surface area contributed by atoms with Crippen molar-refractivity contribution in [2.75, 3.05) is 27.2 Å². The second kappa shape index (κ2) is 8.91. The molecular weight excluding hydrogens is 274 g/mol. The molecule has 1 heterocycles. The Bertz CT molecular complexity index is 467. The number of piperidine rings is 1. The first-order valence-corrected chi connectivity index (χ1v) is 8.33. The van der Waals surface area contributed by atoms with Crippen LogP contribution in [0.5, 0.6) is 0 Å². The van der Waals surface area contributed by atoms with Crippen molar-refractivity contribution in [1.29, 1.82) is 0 Å². The fourth-order valence-electron chi connectivity index (χ4n) is 3.00. The lowest BCUT2D eigenvalue weighted by Gasteiger charge is -2.22. The van der Waals surface area contributed by atoms with E-state index in [4.69, 9.17) is 0 Å². The van der Waals surface area contributed by atoms with E-state index in [9.17, 15) is 4.79 Å². The van der Waals surface area contributed by atoms with Crippen LogP contribution in [0.4, 0.5) is 0 Å². The third kappa shape index (κ3) is 6.16. The van der Waals surface area contributed by atoms with Crippen LogP contribution in [0.15, 0.2) is 24.3 Å². The minimum Gasteiger partial charge on any atom is -0.352 e. The van der Waals surface area contributed by atoms with Crippen molar-refractivity contribution < 1.29 is 4.79 Å². The largest absolute Gasteiger partial charge is 0.352 e. The molecule has 22 heavy (non-hydrogen) atoms. The third-order valence-electron chi connectivity index (χ3n) is 4.22. The molecule has 0 saturated carbocycles. The Kier molecular flexibility index (Phi) is 6.87. The number of rotatable bonds is 7. The number of benzene rings is 1. The van der Waals surface area contributed by atoms with E-state index in [2.05, 4.69) is 53.9 Å². The maximum absolute atomic E-state index is 12.0. The van der Waals surface area contributed by atoms with Crippen molar-refractivity contribution >= 4 is 5.91 Å². The van der Waals surface area contributed by atoms with Crippen LogP contribution >= 0.6 is 0 Å². The van der Waals surface area contributed by atoms with Gasteiger partial charge in [0.2, 0.25) is 5.91 Å². The smallest absolute Gasteiger partial charge is 0.220 e. The average Bonchev–Trinajstić information content (AvgIpc) is 2.52. The van der Waals surface area contributed by atoms with Gasteiger partial charge in [0.15, 0.2) is 0 Å². The summed E-state index contributed by atoms with van der Waals surface area (Å²) in [5.41, 5.74) is 2.46. The van der Waals surface area contributed by atoms with E-state index >= 15 is 0 Å². The number of carbonyl (C=O) groups is 1. The van der Waals surface area contributed by atoms with Gasteiger partial charge in [0.05, 0.1) is 0 Å². The lowest BCUT2D eigenvalue weighted by atomic mass is 9.93. The SMILES string of the molecule is CN(C)Cc1cccc(CNC(=O)CCC2CCNCC2)c1. The van der Waals surface area contributed by atoms with Crippen LogP contribution in [-0.2, 0) is 17.9 Å². The number of nitrogens with zero attached hydrogens (tertiary/aromatic N) is 1. The van der Waals surface area contributed by atoms with Crippen molar-refractivity contribution in [1.82, 2.24) is 15.5 Å². The van der Waals surface area contributed by atoms with Gasteiger partial charge in [-0.05, 0) is 63.5 Å². The first-order chi connectivity index (χ1) is 10.6.